The van der Waals surface area contributed by atoms with E-state index in [2.05, 4.69) is 9.47 Å². The summed E-state index contributed by atoms with van der Waals surface area (Å²) in [6, 6.07) is 0.262. The van der Waals surface area contributed by atoms with Crippen LogP contribution in [0.25, 0.3) is 0 Å². The Bertz CT molecular complexity index is 610. The molecule has 114 valence electrons. The third-order valence-corrected chi connectivity index (χ3v) is 2.41. The largest absolute Gasteiger partial charge is 0.500 e. The summed E-state index contributed by atoms with van der Waals surface area (Å²) in [6.07, 6.45) is 0.609. The van der Waals surface area contributed by atoms with Crippen LogP contribution in [0.1, 0.15) is 17.3 Å². The molecule has 1 aromatic rings. The van der Waals surface area contributed by atoms with Gasteiger partial charge in [-0.3, -0.25) is 4.79 Å². The Morgan fingerprint density at radius 1 is 1.29 bits per heavy atom. The van der Waals surface area contributed by atoms with Crippen molar-refractivity contribution in [2.24, 2.45) is 0 Å². The average Bonchev–Trinajstić information content (AvgIpc) is 2.43. The second kappa shape index (κ2) is 6.78. The summed E-state index contributed by atoms with van der Waals surface area (Å²) in [5.41, 5.74) is -1.90. The zero-order chi connectivity index (χ0) is 16.2. The lowest BCUT2D eigenvalue weighted by molar-refractivity contribution is -0.132. The predicted molar refractivity (Wildman–Crippen MR) is 64.5 cm³/mol. The zero-order valence-corrected chi connectivity index (χ0v) is 11.1. The molecule has 1 rings (SSSR count). The lowest BCUT2D eigenvalue weighted by Gasteiger charge is -2.09. The van der Waals surface area contributed by atoms with Crippen molar-refractivity contribution in [1.29, 1.82) is 0 Å². The fourth-order valence-corrected chi connectivity index (χ4v) is 1.44. The second-order valence-corrected chi connectivity index (χ2v) is 3.69. The molecule has 1 aromatic carbocycles. The van der Waals surface area contributed by atoms with E-state index in [-0.39, 0.29) is 12.7 Å². The second-order valence-electron chi connectivity index (χ2n) is 3.69. The summed E-state index contributed by atoms with van der Waals surface area (Å²) in [5.74, 6) is -8.83. The van der Waals surface area contributed by atoms with Crippen LogP contribution < -0.4 is 4.74 Å². The molecule has 0 aliphatic heterocycles. The molecule has 0 atom stereocenters. The number of Topliss-reactive ketones (excluding diaryl/α,β-unsaturated/α-hetero) is 1. The van der Waals surface area contributed by atoms with Gasteiger partial charge < -0.3 is 14.6 Å². The summed E-state index contributed by atoms with van der Waals surface area (Å²) in [7, 11) is 0.878. The van der Waals surface area contributed by atoms with E-state index in [0.717, 1.165) is 7.11 Å². The van der Waals surface area contributed by atoms with E-state index >= 15 is 0 Å². The number of carbonyl (C=O) groups is 2. The normalized spacial score (nSPS) is 11.2. The van der Waals surface area contributed by atoms with Gasteiger partial charge in [-0.05, 0) is 13.0 Å². The van der Waals surface area contributed by atoms with Crippen molar-refractivity contribution in [1.82, 2.24) is 0 Å². The van der Waals surface area contributed by atoms with E-state index in [4.69, 9.17) is 5.11 Å². The van der Waals surface area contributed by atoms with E-state index in [0.29, 0.717) is 6.26 Å². The van der Waals surface area contributed by atoms with Crippen LogP contribution in [0, 0.1) is 17.5 Å². The third-order valence-electron chi connectivity index (χ3n) is 2.41. The molecule has 8 heteroatoms. The molecule has 0 saturated heterocycles. The number of benzene rings is 1. The van der Waals surface area contributed by atoms with Gasteiger partial charge in [-0.2, -0.15) is 4.39 Å². The fraction of sp³-hybridized carbons (Fsp3) is 0.231. The van der Waals surface area contributed by atoms with Gasteiger partial charge in [0.2, 0.25) is 11.6 Å². The predicted octanol–water partition coefficient (Wildman–Crippen LogP) is 2.30. The average molecular weight is 304 g/mol. The SMILES string of the molecule is CCO/C=C(\C(=O)O)C(=O)c1cc(F)c(F)c(OC)c1F. The number of aliphatic carboxylic acids is 1. The molecule has 5 nitrogen and oxygen atoms in total. The number of methoxy groups -OCH3 is 1. The minimum absolute atomic E-state index is 0.0631. The zero-order valence-electron chi connectivity index (χ0n) is 11.1. The fourth-order valence-electron chi connectivity index (χ4n) is 1.44. The Balaban J connectivity index is 3.42. The van der Waals surface area contributed by atoms with Crippen LogP contribution >= 0.6 is 0 Å². The number of carbonyl (C=O) groups excluding carboxylic acids is 1. The molecule has 0 saturated carbocycles. The van der Waals surface area contributed by atoms with E-state index in [1.54, 1.807) is 0 Å². The minimum atomic E-state index is -1.70. The highest BCUT2D eigenvalue weighted by Crippen LogP contribution is 2.28. The minimum Gasteiger partial charge on any atom is -0.500 e. The Labute approximate surface area is 117 Å². The maximum absolute atomic E-state index is 13.9. The maximum Gasteiger partial charge on any atom is 0.342 e. The quantitative estimate of drug-likeness (QED) is 0.218. The maximum atomic E-state index is 13.9. The molecular formula is C13H11F3O5. The first-order valence-electron chi connectivity index (χ1n) is 5.66. The Kier molecular flexibility index (Phi) is 5.34. The number of rotatable bonds is 6. The first-order chi connectivity index (χ1) is 9.84. The summed E-state index contributed by atoms with van der Waals surface area (Å²) >= 11 is 0. The molecule has 0 fully saturated rings. The van der Waals surface area contributed by atoms with Gasteiger partial charge >= 0.3 is 5.97 Å². The molecule has 0 heterocycles. The van der Waals surface area contributed by atoms with Gasteiger partial charge in [0, 0.05) is 0 Å². The van der Waals surface area contributed by atoms with Gasteiger partial charge in [0.1, 0.15) is 11.8 Å². The molecule has 21 heavy (non-hydrogen) atoms. The smallest absolute Gasteiger partial charge is 0.342 e. The Morgan fingerprint density at radius 3 is 2.38 bits per heavy atom. The van der Waals surface area contributed by atoms with Crippen molar-refractivity contribution in [3.05, 3.63) is 40.9 Å². The van der Waals surface area contributed by atoms with Gasteiger partial charge in [-0.1, -0.05) is 0 Å². The monoisotopic (exact) mass is 304 g/mol. The molecular weight excluding hydrogens is 293 g/mol. The lowest BCUT2D eigenvalue weighted by Crippen LogP contribution is -2.16. The van der Waals surface area contributed by atoms with Crippen LogP contribution in [0.15, 0.2) is 17.9 Å². The first kappa shape index (κ1) is 16.5. The van der Waals surface area contributed by atoms with Gasteiger partial charge in [0.05, 0.1) is 19.3 Å². The van der Waals surface area contributed by atoms with Crippen LogP contribution in [0.4, 0.5) is 13.2 Å². The van der Waals surface area contributed by atoms with Crippen molar-refractivity contribution in [2.45, 2.75) is 6.92 Å². The number of hydrogen-bond donors (Lipinski definition) is 1. The van der Waals surface area contributed by atoms with Crippen molar-refractivity contribution in [3.63, 3.8) is 0 Å². The standard InChI is InChI=1S/C13H11F3O5/c1-3-21-5-7(13(18)19)11(17)6-4-8(14)10(16)12(20-2)9(6)15/h4-5H,3H2,1-2H3,(H,18,19)/b7-5-. The highest BCUT2D eigenvalue weighted by molar-refractivity contribution is 6.23. The van der Waals surface area contributed by atoms with Gasteiger partial charge in [0.15, 0.2) is 17.4 Å². The summed E-state index contributed by atoms with van der Waals surface area (Å²) in [5, 5.41) is 8.88. The van der Waals surface area contributed by atoms with Crippen molar-refractivity contribution >= 4 is 11.8 Å². The number of hydrogen-bond acceptors (Lipinski definition) is 4. The topological polar surface area (TPSA) is 72.8 Å². The number of ether oxygens (including phenoxy) is 2. The summed E-state index contributed by atoms with van der Waals surface area (Å²) < 4.78 is 49.5. The van der Waals surface area contributed by atoms with Crippen LogP contribution in [-0.2, 0) is 9.53 Å². The van der Waals surface area contributed by atoms with E-state index in [1.165, 1.54) is 6.92 Å². The van der Waals surface area contributed by atoms with Crippen molar-refractivity contribution in [2.75, 3.05) is 13.7 Å². The van der Waals surface area contributed by atoms with Crippen LogP contribution in [0.2, 0.25) is 0 Å². The number of halogens is 3. The van der Waals surface area contributed by atoms with Crippen LogP contribution in [0.3, 0.4) is 0 Å². The highest BCUT2D eigenvalue weighted by atomic mass is 19.2. The molecule has 1 N–H and O–H groups in total. The molecule has 0 spiro atoms. The summed E-state index contributed by atoms with van der Waals surface area (Å²) in [4.78, 5) is 22.9. The van der Waals surface area contributed by atoms with Gasteiger partial charge in [0.25, 0.3) is 0 Å². The first-order valence-corrected chi connectivity index (χ1v) is 5.66. The molecule has 0 radical (unpaired) electrons. The Morgan fingerprint density at radius 2 is 1.90 bits per heavy atom. The number of carboxylic acid groups (broad SMARTS) is 1. The van der Waals surface area contributed by atoms with E-state index < -0.39 is 46.1 Å². The highest BCUT2D eigenvalue weighted by Gasteiger charge is 2.28. The van der Waals surface area contributed by atoms with Crippen molar-refractivity contribution in [3.8, 4) is 5.75 Å². The number of ketones is 1. The van der Waals surface area contributed by atoms with Crippen LogP contribution in [0.5, 0.6) is 5.75 Å². The molecule has 0 aliphatic carbocycles. The number of carboxylic acids is 1. The van der Waals surface area contributed by atoms with E-state index in [1.807, 2.05) is 0 Å². The van der Waals surface area contributed by atoms with E-state index in [9.17, 15) is 22.8 Å². The lowest BCUT2D eigenvalue weighted by atomic mass is 10.0. The molecule has 0 aromatic heterocycles. The molecule has 0 unspecified atom stereocenters. The third kappa shape index (κ3) is 3.33. The van der Waals surface area contributed by atoms with Gasteiger partial charge in [-0.15, -0.1) is 0 Å². The molecule has 0 aliphatic rings. The van der Waals surface area contributed by atoms with Crippen LogP contribution in [-0.4, -0.2) is 30.6 Å². The van der Waals surface area contributed by atoms with Crippen molar-refractivity contribution < 1.29 is 37.3 Å². The molecule has 0 bridgehead atoms. The summed E-state index contributed by atoms with van der Waals surface area (Å²) in [6.45, 7) is 1.59. The Hall–Kier alpha value is -2.51. The van der Waals surface area contributed by atoms with Gasteiger partial charge in [-0.25, -0.2) is 13.6 Å². The molecule has 0 amide bonds.